The van der Waals surface area contributed by atoms with E-state index in [9.17, 15) is 0 Å². The molecule has 0 aliphatic rings. The molecule has 72 valence electrons. The van der Waals surface area contributed by atoms with Crippen LogP contribution >= 0.6 is 0 Å². The number of rotatable bonds is 2. The van der Waals surface area contributed by atoms with E-state index in [0.29, 0.717) is 6.61 Å². The van der Waals surface area contributed by atoms with E-state index in [1.807, 2.05) is 13.0 Å². The first-order valence-corrected chi connectivity index (χ1v) is 4.79. The summed E-state index contributed by atoms with van der Waals surface area (Å²) >= 11 is 0. The van der Waals surface area contributed by atoms with Gasteiger partial charge in [0.2, 0.25) is 5.88 Å². The van der Waals surface area contributed by atoms with Gasteiger partial charge in [-0.3, -0.25) is 0 Å². The van der Waals surface area contributed by atoms with Gasteiger partial charge in [0.15, 0.2) is 0 Å². The van der Waals surface area contributed by atoms with Gasteiger partial charge in [0.25, 0.3) is 0 Å². The predicted octanol–water partition coefficient (Wildman–Crippen LogP) is 2.94. The molecule has 0 aliphatic heterocycles. The molecule has 0 aliphatic carbocycles. The Bertz CT molecular complexity index is 451. The van der Waals surface area contributed by atoms with E-state index in [1.165, 1.54) is 10.9 Å². The average molecular weight is 187 g/mol. The molecule has 0 radical (unpaired) electrons. The second-order valence-corrected chi connectivity index (χ2v) is 3.27. The first-order valence-electron chi connectivity index (χ1n) is 4.79. The quantitative estimate of drug-likeness (QED) is 0.721. The summed E-state index contributed by atoms with van der Waals surface area (Å²) in [7, 11) is 0. The molecule has 0 fully saturated rings. The summed E-state index contributed by atoms with van der Waals surface area (Å²) in [6.45, 7) is 4.70. The van der Waals surface area contributed by atoms with Crippen molar-refractivity contribution >= 4 is 10.8 Å². The zero-order valence-corrected chi connectivity index (χ0v) is 8.45. The number of hydrogen-bond acceptors (Lipinski definition) is 2. The van der Waals surface area contributed by atoms with E-state index in [4.69, 9.17) is 4.74 Å². The monoisotopic (exact) mass is 187 g/mol. The number of fused-ring (bicyclic) bond motifs is 1. The third-order valence-electron chi connectivity index (χ3n) is 2.16. The number of aryl methyl sites for hydroxylation is 1. The molecule has 0 saturated heterocycles. The molecule has 1 heterocycles. The van der Waals surface area contributed by atoms with Gasteiger partial charge >= 0.3 is 0 Å². The number of hydrogen-bond donors (Lipinski definition) is 0. The number of ether oxygens (including phenoxy) is 1. The van der Waals surface area contributed by atoms with Crippen molar-refractivity contribution in [3.05, 3.63) is 36.0 Å². The van der Waals surface area contributed by atoms with Crippen LogP contribution in [0, 0.1) is 6.92 Å². The zero-order chi connectivity index (χ0) is 9.97. The van der Waals surface area contributed by atoms with Gasteiger partial charge in [-0.05, 0) is 31.4 Å². The first-order chi connectivity index (χ1) is 6.81. The van der Waals surface area contributed by atoms with Gasteiger partial charge in [0.05, 0.1) is 6.61 Å². The molecule has 0 atom stereocenters. The summed E-state index contributed by atoms with van der Waals surface area (Å²) in [6.07, 6.45) is 1.78. The molecule has 2 aromatic rings. The minimum absolute atomic E-state index is 0.653. The lowest BCUT2D eigenvalue weighted by atomic mass is 10.1. The number of pyridine rings is 1. The van der Waals surface area contributed by atoms with E-state index in [1.54, 1.807) is 6.20 Å². The third-order valence-corrected chi connectivity index (χ3v) is 2.16. The van der Waals surface area contributed by atoms with E-state index < -0.39 is 0 Å². The molecule has 0 spiro atoms. The van der Waals surface area contributed by atoms with Crippen LogP contribution in [0.2, 0.25) is 0 Å². The van der Waals surface area contributed by atoms with Gasteiger partial charge in [-0.25, -0.2) is 4.98 Å². The fourth-order valence-corrected chi connectivity index (χ4v) is 1.52. The molecule has 1 aromatic heterocycles. The summed E-state index contributed by atoms with van der Waals surface area (Å²) in [5.41, 5.74) is 1.26. The normalized spacial score (nSPS) is 10.4. The lowest BCUT2D eigenvalue weighted by molar-refractivity contribution is 0.331. The highest BCUT2D eigenvalue weighted by molar-refractivity contribution is 5.87. The molecule has 2 rings (SSSR count). The van der Waals surface area contributed by atoms with Crippen LogP contribution in [0.4, 0.5) is 0 Å². The third kappa shape index (κ3) is 1.55. The molecule has 0 saturated carbocycles. The smallest absolute Gasteiger partial charge is 0.221 e. The van der Waals surface area contributed by atoms with Crippen molar-refractivity contribution in [2.24, 2.45) is 0 Å². The Morgan fingerprint density at radius 3 is 2.93 bits per heavy atom. The van der Waals surface area contributed by atoms with Crippen LogP contribution < -0.4 is 4.74 Å². The molecule has 0 N–H and O–H groups in total. The molecule has 1 aromatic carbocycles. The van der Waals surface area contributed by atoms with E-state index in [0.717, 1.165) is 11.3 Å². The highest BCUT2D eigenvalue weighted by Crippen LogP contribution is 2.23. The molecule has 2 heteroatoms. The van der Waals surface area contributed by atoms with Crippen LogP contribution in [0.5, 0.6) is 5.88 Å². The molecule has 0 amide bonds. The highest BCUT2D eigenvalue weighted by Gasteiger charge is 2.01. The van der Waals surface area contributed by atoms with Gasteiger partial charge in [-0.1, -0.05) is 17.7 Å². The average Bonchev–Trinajstić information content (AvgIpc) is 2.18. The predicted molar refractivity (Wildman–Crippen MR) is 57.6 cm³/mol. The number of benzene rings is 1. The summed E-state index contributed by atoms with van der Waals surface area (Å²) in [4.78, 5) is 4.20. The zero-order valence-electron chi connectivity index (χ0n) is 8.45. The van der Waals surface area contributed by atoms with Crippen LogP contribution in [-0.2, 0) is 0 Å². The summed E-state index contributed by atoms with van der Waals surface area (Å²) in [5, 5.41) is 2.27. The number of aromatic nitrogens is 1. The van der Waals surface area contributed by atoms with Crippen LogP contribution in [0.25, 0.3) is 10.8 Å². The Balaban J connectivity index is 2.62. The second-order valence-electron chi connectivity index (χ2n) is 3.27. The molecular weight excluding hydrogens is 174 g/mol. The van der Waals surface area contributed by atoms with Crippen molar-refractivity contribution in [1.29, 1.82) is 0 Å². The number of nitrogens with zero attached hydrogens (tertiary/aromatic N) is 1. The van der Waals surface area contributed by atoms with Crippen molar-refractivity contribution in [3.8, 4) is 5.88 Å². The first kappa shape index (κ1) is 9.00. The summed E-state index contributed by atoms with van der Waals surface area (Å²) in [6, 6.07) is 8.28. The molecule has 0 unspecified atom stereocenters. The van der Waals surface area contributed by atoms with Crippen molar-refractivity contribution < 1.29 is 4.74 Å². The maximum absolute atomic E-state index is 5.45. The van der Waals surface area contributed by atoms with Crippen LogP contribution in [0.3, 0.4) is 0 Å². The van der Waals surface area contributed by atoms with Crippen molar-refractivity contribution in [2.75, 3.05) is 6.61 Å². The lowest BCUT2D eigenvalue weighted by Gasteiger charge is -2.05. The van der Waals surface area contributed by atoms with Gasteiger partial charge in [-0.15, -0.1) is 0 Å². The molecule has 14 heavy (non-hydrogen) atoms. The lowest BCUT2D eigenvalue weighted by Crippen LogP contribution is -1.94. The van der Waals surface area contributed by atoms with Gasteiger partial charge < -0.3 is 4.74 Å². The van der Waals surface area contributed by atoms with Gasteiger partial charge in [0, 0.05) is 11.6 Å². The van der Waals surface area contributed by atoms with Crippen molar-refractivity contribution in [1.82, 2.24) is 4.98 Å². The molecular formula is C12H13NO. The second kappa shape index (κ2) is 3.66. The Morgan fingerprint density at radius 1 is 1.29 bits per heavy atom. The van der Waals surface area contributed by atoms with E-state index >= 15 is 0 Å². The standard InChI is InChI=1S/C12H13NO/c1-3-14-12-11-5-4-9(2)8-10(11)6-7-13-12/h4-8H,3H2,1-2H3. The van der Waals surface area contributed by atoms with Gasteiger partial charge in [0.1, 0.15) is 0 Å². The minimum Gasteiger partial charge on any atom is -0.478 e. The van der Waals surface area contributed by atoms with Crippen LogP contribution in [0.15, 0.2) is 30.5 Å². The van der Waals surface area contributed by atoms with E-state index in [-0.39, 0.29) is 0 Å². The largest absolute Gasteiger partial charge is 0.478 e. The van der Waals surface area contributed by atoms with Gasteiger partial charge in [-0.2, -0.15) is 0 Å². The Kier molecular flexibility index (Phi) is 2.35. The summed E-state index contributed by atoms with van der Waals surface area (Å²) < 4.78 is 5.45. The summed E-state index contributed by atoms with van der Waals surface area (Å²) in [5.74, 6) is 0.727. The Hall–Kier alpha value is -1.57. The Morgan fingerprint density at radius 2 is 2.14 bits per heavy atom. The fourth-order valence-electron chi connectivity index (χ4n) is 1.52. The minimum atomic E-state index is 0.653. The maximum atomic E-state index is 5.45. The molecule has 2 nitrogen and oxygen atoms in total. The van der Waals surface area contributed by atoms with Crippen LogP contribution in [0.1, 0.15) is 12.5 Å². The fraction of sp³-hybridized carbons (Fsp3) is 0.250. The maximum Gasteiger partial charge on any atom is 0.221 e. The van der Waals surface area contributed by atoms with Crippen LogP contribution in [-0.4, -0.2) is 11.6 Å². The highest BCUT2D eigenvalue weighted by atomic mass is 16.5. The molecule has 0 bridgehead atoms. The van der Waals surface area contributed by atoms with E-state index in [2.05, 4.69) is 30.1 Å². The van der Waals surface area contributed by atoms with Crippen molar-refractivity contribution in [2.45, 2.75) is 13.8 Å². The topological polar surface area (TPSA) is 22.1 Å². The SMILES string of the molecule is CCOc1nccc2cc(C)ccc12. The van der Waals surface area contributed by atoms with Crippen molar-refractivity contribution in [3.63, 3.8) is 0 Å². The Labute approximate surface area is 83.5 Å².